The summed E-state index contributed by atoms with van der Waals surface area (Å²) in [6.45, 7) is 4.39. The molecular formula is C15H24N4. The fourth-order valence-corrected chi connectivity index (χ4v) is 2.84. The second kappa shape index (κ2) is 5.87. The van der Waals surface area contributed by atoms with Crippen molar-refractivity contribution in [3.05, 3.63) is 18.1 Å². The molecule has 0 bridgehead atoms. The van der Waals surface area contributed by atoms with Crippen LogP contribution in [0.5, 0.6) is 0 Å². The molecule has 104 valence electrons. The van der Waals surface area contributed by atoms with E-state index in [1.807, 2.05) is 0 Å². The molecule has 2 heterocycles. The van der Waals surface area contributed by atoms with E-state index in [0.29, 0.717) is 6.04 Å². The van der Waals surface area contributed by atoms with Gasteiger partial charge in [0.1, 0.15) is 12.1 Å². The van der Waals surface area contributed by atoms with Crippen LogP contribution in [0.1, 0.15) is 44.7 Å². The molecule has 1 unspecified atom stereocenters. The Kier molecular flexibility index (Phi) is 3.97. The summed E-state index contributed by atoms with van der Waals surface area (Å²) in [4.78, 5) is 11.3. The van der Waals surface area contributed by atoms with E-state index in [0.717, 1.165) is 37.1 Å². The van der Waals surface area contributed by atoms with E-state index in [1.54, 1.807) is 6.33 Å². The average molecular weight is 260 g/mol. The zero-order chi connectivity index (χ0) is 13.1. The number of nitrogens with one attached hydrogen (secondary N) is 1. The van der Waals surface area contributed by atoms with Gasteiger partial charge in [0.05, 0.1) is 0 Å². The number of hydrogen-bond donors (Lipinski definition) is 1. The van der Waals surface area contributed by atoms with Gasteiger partial charge in [0, 0.05) is 36.9 Å². The number of aromatic nitrogens is 2. The number of rotatable bonds is 5. The van der Waals surface area contributed by atoms with Crippen molar-refractivity contribution in [1.29, 1.82) is 0 Å². The van der Waals surface area contributed by atoms with E-state index in [2.05, 4.69) is 33.2 Å². The maximum Gasteiger partial charge on any atom is 0.132 e. The van der Waals surface area contributed by atoms with Crippen LogP contribution in [-0.2, 0) is 6.42 Å². The summed E-state index contributed by atoms with van der Waals surface area (Å²) in [5.41, 5.74) is 1.14. The lowest BCUT2D eigenvalue weighted by molar-refractivity contribution is 0.431. The van der Waals surface area contributed by atoms with Gasteiger partial charge in [-0.15, -0.1) is 0 Å². The highest BCUT2D eigenvalue weighted by molar-refractivity contribution is 5.41. The van der Waals surface area contributed by atoms with E-state index < -0.39 is 0 Å². The molecule has 1 saturated heterocycles. The van der Waals surface area contributed by atoms with Crippen molar-refractivity contribution in [3.8, 4) is 0 Å². The highest BCUT2D eigenvalue weighted by Crippen LogP contribution is 2.24. The van der Waals surface area contributed by atoms with Gasteiger partial charge < -0.3 is 10.2 Å². The lowest BCUT2D eigenvalue weighted by Gasteiger charge is -2.37. The molecule has 4 nitrogen and oxygen atoms in total. The van der Waals surface area contributed by atoms with Crippen LogP contribution in [0, 0.1) is 0 Å². The highest BCUT2D eigenvalue weighted by atomic mass is 15.2. The molecule has 1 aliphatic carbocycles. The van der Waals surface area contributed by atoms with Gasteiger partial charge in [-0.25, -0.2) is 9.97 Å². The molecular weight excluding hydrogens is 236 g/mol. The highest BCUT2D eigenvalue weighted by Gasteiger charge is 2.27. The molecule has 1 aromatic heterocycles. The van der Waals surface area contributed by atoms with E-state index in [-0.39, 0.29) is 0 Å². The minimum absolute atomic E-state index is 0.606. The van der Waals surface area contributed by atoms with Crippen LogP contribution in [0.3, 0.4) is 0 Å². The van der Waals surface area contributed by atoms with Crippen molar-refractivity contribution in [1.82, 2.24) is 15.3 Å². The van der Waals surface area contributed by atoms with Crippen molar-refractivity contribution in [2.75, 3.05) is 18.0 Å². The summed E-state index contributed by atoms with van der Waals surface area (Å²) >= 11 is 0. The van der Waals surface area contributed by atoms with Gasteiger partial charge in [0.2, 0.25) is 0 Å². The second-order valence-electron chi connectivity index (χ2n) is 5.75. The predicted octanol–water partition coefficient (Wildman–Crippen LogP) is 2.15. The zero-order valence-corrected chi connectivity index (χ0v) is 11.8. The summed E-state index contributed by atoms with van der Waals surface area (Å²) in [6.07, 6.45) is 9.33. The molecule has 2 aliphatic rings. The average Bonchev–Trinajstić information content (AvgIpc) is 3.30. The molecule has 0 spiro atoms. The summed E-state index contributed by atoms with van der Waals surface area (Å²) in [5, 5.41) is 3.67. The molecule has 1 N–H and O–H groups in total. The fourth-order valence-electron chi connectivity index (χ4n) is 2.84. The van der Waals surface area contributed by atoms with E-state index in [9.17, 15) is 0 Å². The first-order chi connectivity index (χ1) is 9.36. The molecule has 2 fully saturated rings. The Hall–Kier alpha value is -1.16. The van der Waals surface area contributed by atoms with Crippen LogP contribution in [0.2, 0.25) is 0 Å². The first kappa shape index (κ1) is 12.9. The SMILES string of the molecule is CCc1cc(N2CCCCC2CNC2CC2)ncn1. The molecule has 0 aromatic carbocycles. The Bertz CT molecular complexity index is 416. The largest absolute Gasteiger partial charge is 0.352 e. The van der Waals surface area contributed by atoms with Crippen LogP contribution in [0.15, 0.2) is 12.4 Å². The van der Waals surface area contributed by atoms with Crippen LogP contribution in [0.25, 0.3) is 0 Å². The lowest BCUT2D eigenvalue weighted by Crippen LogP contribution is -2.46. The minimum Gasteiger partial charge on any atom is -0.352 e. The topological polar surface area (TPSA) is 41.0 Å². The third-order valence-corrected chi connectivity index (χ3v) is 4.21. The van der Waals surface area contributed by atoms with Crippen molar-refractivity contribution in [3.63, 3.8) is 0 Å². The number of nitrogens with zero attached hydrogens (tertiary/aromatic N) is 3. The number of hydrogen-bond acceptors (Lipinski definition) is 4. The van der Waals surface area contributed by atoms with Crippen molar-refractivity contribution < 1.29 is 0 Å². The van der Waals surface area contributed by atoms with Crippen LogP contribution in [-0.4, -0.2) is 35.1 Å². The number of anilines is 1. The monoisotopic (exact) mass is 260 g/mol. The third kappa shape index (κ3) is 3.24. The smallest absolute Gasteiger partial charge is 0.132 e. The van der Waals surface area contributed by atoms with Crippen LogP contribution in [0.4, 0.5) is 5.82 Å². The van der Waals surface area contributed by atoms with Crippen molar-refractivity contribution in [2.45, 2.75) is 57.5 Å². The molecule has 4 heteroatoms. The first-order valence-electron chi connectivity index (χ1n) is 7.67. The molecule has 1 atom stereocenters. The van der Waals surface area contributed by atoms with E-state index in [4.69, 9.17) is 0 Å². The molecule has 3 rings (SSSR count). The normalized spacial score (nSPS) is 23.6. The maximum atomic E-state index is 4.49. The van der Waals surface area contributed by atoms with Gasteiger partial charge in [0.15, 0.2) is 0 Å². The van der Waals surface area contributed by atoms with Gasteiger partial charge in [-0.3, -0.25) is 0 Å². The lowest BCUT2D eigenvalue weighted by atomic mass is 10.0. The molecule has 1 aromatic rings. The van der Waals surface area contributed by atoms with Crippen LogP contribution < -0.4 is 10.2 Å². The van der Waals surface area contributed by atoms with Gasteiger partial charge >= 0.3 is 0 Å². The quantitative estimate of drug-likeness (QED) is 0.881. The van der Waals surface area contributed by atoms with E-state index in [1.165, 1.54) is 32.1 Å². The fraction of sp³-hybridized carbons (Fsp3) is 0.733. The maximum absolute atomic E-state index is 4.49. The van der Waals surface area contributed by atoms with Crippen LogP contribution >= 0.6 is 0 Å². The zero-order valence-electron chi connectivity index (χ0n) is 11.8. The number of aryl methyl sites for hydroxylation is 1. The van der Waals surface area contributed by atoms with Gasteiger partial charge in [-0.2, -0.15) is 0 Å². The molecule has 1 saturated carbocycles. The summed E-state index contributed by atoms with van der Waals surface area (Å²) in [6, 6.07) is 3.56. The molecule has 0 radical (unpaired) electrons. The minimum atomic E-state index is 0.606. The van der Waals surface area contributed by atoms with Crippen molar-refractivity contribution in [2.24, 2.45) is 0 Å². The third-order valence-electron chi connectivity index (χ3n) is 4.21. The Morgan fingerprint density at radius 2 is 2.16 bits per heavy atom. The standard InChI is InChI=1S/C15H24N4/c1-2-12-9-15(18-11-17-12)19-8-4-3-5-14(19)10-16-13-6-7-13/h9,11,13-14,16H,2-8,10H2,1H3. The van der Waals surface area contributed by atoms with Gasteiger partial charge in [0.25, 0.3) is 0 Å². The van der Waals surface area contributed by atoms with Gasteiger partial charge in [-0.05, 0) is 38.5 Å². The number of piperidine rings is 1. The summed E-state index contributed by atoms with van der Waals surface area (Å²) in [7, 11) is 0. The summed E-state index contributed by atoms with van der Waals surface area (Å²) in [5.74, 6) is 1.12. The molecule has 1 aliphatic heterocycles. The van der Waals surface area contributed by atoms with E-state index >= 15 is 0 Å². The summed E-state index contributed by atoms with van der Waals surface area (Å²) < 4.78 is 0. The Labute approximate surface area is 115 Å². The predicted molar refractivity (Wildman–Crippen MR) is 77.4 cm³/mol. The Morgan fingerprint density at radius 3 is 2.95 bits per heavy atom. The molecule has 0 amide bonds. The van der Waals surface area contributed by atoms with Crippen molar-refractivity contribution >= 4 is 5.82 Å². The Balaban J connectivity index is 1.70. The Morgan fingerprint density at radius 1 is 1.26 bits per heavy atom. The molecule has 19 heavy (non-hydrogen) atoms. The van der Waals surface area contributed by atoms with Gasteiger partial charge in [-0.1, -0.05) is 6.92 Å². The first-order valence-corrected chi connectivity index (χ1v) is 7.67. The second-order valence-corrected chi connectivity index (χ2v) is 5.75.